The summed E-state index contributed by atoms with van der Waals surface area (Å²) in [5.74, 6) is 0.450. The summed E-state index contributed by atoms with van der Waals surface area (Å²) < 4.78 is 5.31. The molecule has 0 aromatic heterocycles. The third kappa shape index (κ3) is 7.99. The fourth-order valence-electron chi connectivity index (χ4n) is 4.36. The first kappa shape index (κ1) is 26.0. The second-order valence-electron chi connectivity index (χ2n) is 10.9. The highest BCUT2D eigenvalue weighted by molar-refractivity contribution is 6.69. The van der Waals surface area contributed by atoms with Gasteiger partial charge >= 0.3 is 6.09 Å². The SMILES string of the molecule is CC(C)(C)OC(=O)NCc1cccc(C2CCN(C(=O)c3cccc(C[Si](C)(C)O)c3)CC2)c1. The molecule has 3 rings (SSSR count). The van der Waals surface area contributed by atoms with Gasteiger partial charge in [-0.15, -0.1) is 0 Å². The molecule has 0 atom stereocenters. The Labute approximate surface area is 204 Å². The van der Waals surface area contributed by atoms with Gasteiger partial charge in [-0.1, -0.05) is 36.4 Å². The molecule has 0 radical (unpaired) electrons. The maximum atomic E-state index is 13.1. The minimum Gasteiger partial charge on any atom is -0.444 e. The van der Waals surface area contributed by atoms with Crippen LogP contribution in [0, 0.1) is 0 Å². The quantitative estimate of drug-likeness (QED) is 0.567. The van der Waals surface area contributed by atoms with Gasteiger partial charge in [0, 0.05) is 25.2 Å². The largest absolute Gasteiger partial charge is 0.444 e. The van der Waals surface area contributed by atoms with Crippen molar-refractivity contribution in [3.05, 3.63) is 70.8 Å². The number of nitrogens with one attached hydrogen (secondary N) is 1. The molecule has 1 aliphatic rings. The second kappa shape index (κ2) is 10.7. The molecule has 0 saturated carbocycles. The maximum Gasteiger partial charge on any atom is 0.407 e. The van der Waals surface area contributed by atoms with Gasteiger partial charge in [-0.05, 0) is 87.5 Å². The van der Waals surface area contributed by atoms with Crippen molar-refractivity contribution in [2.75, 3.05) is 13.1 Å². The number of rotatable bonds is 6. The summed E-state index contributed by atoms with van der Waals surface area (Å²) in [6, 6.07) is 16.6. The Balaban J connectivity index is 1.56. The molecule has 2 aromatic rings. The Bertz CT molecular complexity index is 1000. The van der Waals surface area contributed by atoms with Crippen molar-refractivity contribution in [3.63, 3.8) is 0 Å². The highest BCUT2D eigenvalue weighted by atomic mass is 28.4. The molecule has 2 N–H and O–H groups in total. The molecule has 34 heavy (non-hydrogen) atoms. The number of carbonyl (C=O) groups excluding carboxylic acids is 2. The van der Waals surface area contributed by atoms with Gasteiger partial charge in [0.2, 0.25) is 0 Å². The number of amides is 2. The number of carbonyl (C=O) groups is 2. The molecule has 1 saturated heterocycles. The topological polar surface area (TPSA) is 78.9 Å². The van der Waals surface area contributed by atoms with Crippen LogP contribution in [0.1, 0.15) is 66.6 Å². The van der Waals surface area contributed by atoms with Gasteiger partial charge in [0.15, 0.2) is 8.32 Å². The minimum absolute atomic E-state index is 0.0630. The van der Waals surface area contributed by atoms with Gasteiger partial charge < -0.3 is 19.7 Å². The zero-order valence-corrected chi connectivity index (χ0v) is 22.1. The van der Waals surface area contributed by atoms with Crippen LogP contribution >= 0.6 is 0 Å². The van der Waals surface area contributed by atoms with Crippen LogP contribution in [-0.2, 0) is 17.3 Å². The lowest BCUT2D eigenvalue weighted by Gasteiger charge is -2.32. The van der Waals surface area contributed by atoms with E-state index in [1.165, 1.54) is 5.56 Å². The van der Waals surface area contributed by atoms with E-state index in [4.69, 9.17) is 4.74 Å². The summed E-state index contributed by atoms with van der Waals surface area (Å²) in [6.45, 7) is 11.2. The number of alkyl carbamates (subject to hydrolysis) is 1. The summed E-state index contributed by atoms with van der Waals surface area (Å²) in [6.07, 6.45) is 1.40. The molecular formula is C27H38N2O4Si. The summed E-state index contributed by atoms with van der Waals surface area (Å²) >= 11 is 0. The molecule has 1 aliphatic heterocycles. The minimum atomic E-state index is -2.22. The summed E-state index contributed by atoms with van der Waals surface area (Å²) in [7, 11) is -2.22. The van der Waals surface area contributed by atoms with Crippen molar-refractivity contribution in [2.45, 2.75) is 70.8 Å². The number of hydrogen-bond donors (Lipinski definition) is 2. The Morgan fingerprint density at radius 2 is 1.71 bits per heavy atom. The van der Waals surface area contributed by atoms with Gasteiger partial charge in [-0.3, -0.25) is 4.79 Å². The zero-order valence-electron chi connectivity index (χ0n) is 21.1. The molecular weight excluding hydrogens is 444 g/mol. The van der Waals surface area contributed by atoms with E-state index < -0.39 is 20.0 Å². The van der Waals surface area contributed by atoms with Crippen LogP contribution in [0.15, 0.2) is 48.5 Å². The van der Waals surface area contributed by atoms with E-state index in [1.807, 2.05) is 75.2 Å². The van der Waals surface area contributed by atoms with E-state index in [-0.39, 0.29) is 5.91 Å². The van der Waals surface area contributed by atoms with Crippen molar-refractivity contribution < 1.29 is 19.1 Å². The van der Waals surface area contributed by atoms with E-state index in [0.717, 1.165) is 24.0 Å². The third-order valence-corrected chi connectivity index (χ3v) is 7.12. The van der Waals surface area contributed by atoms with Gasteiger partial charge in [-0.25, -0.2) is 4.79 Å². The first-order chi connectivity index (χ1) is 15.9. The number of benzene rings is 2. The Kier molecular flexibility index (Phi) is 8.20. The van der Waals surface area contributed by atoms with Crippen LogP contribution in [0.25, 0.3) is 0 Å². The fourth-order valence-corrected chi connectivity index (χ4v) is 5.58. The summed E-state index contributed by atoms with van der Waals surface area (Å²) in [5, 5.41) is 2.82. The van der Waals surface area contributed by atoms with E-state index >= 15 is 0 Å². The average molecular weight is 483 g/mol. The van der Waals surface area contributed by atoms with E-state index in [2.05, 4.69) is 17.4 Å². The van der Waals surface area contributed by atoms with Crippen molar-refractivity contribution >= 4 is 20.3 Å². The first-order valence-electron chi connectivity index (χ1n) is 12.1. The van der Waals surface area contributed by atoms with Gasteiger partial charge in [-0.2, -0.15) is 0 Å². The van der Waals surface area contributed by atoms with Gasteiger partial charge in [0.1, 0.15) is 5.60 Å². The number of ether oxygens (including phenoxy) is 1. The second-order valence-corrected chi connectivity index (χ2v) is 14.8. The predicted octanol–water partition coefficient (Wildman–Crippen LogP) is 5.01. The maximum absolute atomic E-state index is 13.1. The summed E-state index contributed by atoms with van der Waals surface area (Å²) in [4.78, 5) is 37.2. The van der Waals surface area contributed by atoms with Crippen LogP contribution in [0.4, 0.5) is 4.79 Å². The number of hydrogen-bond acceptors (Lipinski definition) is 4. The van der Waals surface area contributed by atoms with Crippen molar-refractivity contribution in [3.8, 4) is 0 Å². The van der Waals surface area contributed by atoms with Crippen molar-refractivity contribution in [2.24, 2.45) is 0 Å². The van der Waals surface area contributed by atoms with Crippen LogP contribution < -0.4 is 5.32 Å². The molecule has 2 aromatic carbocycles. The average Bonchev–Trinajstić information content (AvgIpc) is 2.75. The van der Waals surface area contributed by atoms with Gasteiger partial charge in [0.25, 0.3) is 5.91 Å². The lowest BCUT2D eigenvalue weighted by molar-refractivity contribution is 0.0523. The molecule has 0 aliphatic carbocycles. The zero-order chi connectivity index (χ0) is 24.9. The Morgan fingerprint density at radius 1 is 1.06 bits per heavy atom. The van der Waals surface area contributed by atoms with Crippen LogP contribution in [0.5, 0.6) is 0 Å². The molecule has 2 amide bonds. The van der Waals surface area contributed by atoms with Crippen LogP contribution in [0.2, 0.25) is 13.1 Å². The molecule has 1 fully saturated rings. The molecule has 7 heteroatoms. The molecule has 0 unspecified atom stereocenters. The fraction of sp³-hybridized carbons (Fsp3) is 0.481. The summed E-state index contributed by atoms with van der Waals surface area (Å²) in [5.41, 5.74) is 3.48. The number of piperidine rings is 1. The van der Waals surface area contributed by atoms with Crippen molar-refractivity contribution in [1.29, 1.82) is 0 Å². The first-order valence-corrected chi connectivity index (χ1v) is 15.2. The van der Waals surface area contributed by atoms with Crippen molar-refractivity contribution in [1.82, 2.24) is 10.2 Å². The highest BCUT2D eigenvalue weighted by Gasteiger charge is 2.25. The Hall–Kier alpha value is -2.64. The lowest BCUT2D eigenvalue weighted by atomic mass is 9.88. The number of likely N-dealkylation sites (tertiary alicyclic amines) is 1. The highest BCUT2D eigenvalue weighted by Crippen LogP contribution is 2.29. The Morgan fingerprint density at radius 3 is 2.35 bits per heavy atom. The lowest BCUT2D eigenvalue weighted by Crippen LogP contribution is -2.38. The van der Waals surface area contributed by atoms with E-state index in [0.29, 0.717) is 37.2 Å². The normalized spacial score (nSPS) is 15.2. The van der Waals surface area contributed by atoms with Gasteiger partial charge in [0.05, 0.1) is 0 Å². The molecule has 0 spiro atoms. The monoisotopic (exact) mass is 482 g/mol. The molecule has 6 nitrogen and oxygen atoms in total. The molecule has 0 bridgehead atoms. The standard InChI is InChI=1S/C27H38N2O4Si/c1-27(2,3)33-26(31)28-18-20-8-6-10-23(16-20)22-12-14-29(15-13-22)25(30)24-11-7-9-21(17-24)19-34(4,5)32/h6-11,16-17,22,32H,12-15,18-19H2,1-5H3,(H,28,31). The van der Waals surface area contributed by atoms with E-state index in [1.54, 1.807) is 0 Å². The predicted molar refractivity (Wildman–Crippen MR) is 137 cm³/mol. The third-order valence-electron chi connectivity index (χ3n) is 5.85. The molecule has 1 heterocycles. The number of nitrogens with zero attached hydrogens (tertiary/aromatic N) is 1. The smallest absolute Gasteiger partial charge is 0.407 e. The van der Waals surface area contributed by atoms with E-state index in [9.17, 15) is 14.4 Å². The van der Waals surface area contributed by atoms with Crippen LogP contribution in [0.3, 0.4) is 0 Å². The molecule has 184 valence electrons. The van der Waals surface area contributed by atoms with Crippen LogP contribution in [-0.4, -0.2) is 48.7 Å².